The third-order valence-electron chi connectivity index (χ3n) is 2.07. The van der Waals surface area contributed by atoms with Gasteiger partial charge in [0.25, 0.3) is 0 Å². The molecule has 0 aliphatic carbocycles. The maximum Gasteiger partial charge on any atom is 0.100 e. The van der Waals surface area contributed by atoms with Gasteiger partial charge in [0.2, 0.25) is 0 Å². The normalized spacial score (nSPS) is 9.93. The first-order chi connectivity index (χ1) is 7.27. The van der Waals surface area contributed by atoms with E-state index in [0.717, 1.165) is 20.7 Å². The van der Waals surface area contributed by atoms with Gasteiger partial charge in [-0.25, -0.2) is 0 Å². The van der Waals surface area contributed by atoms with E-state index >= 15 is 0 Å². The molecule has 0 atom stereocenters. The van der Waals surface area contributed by atoms with E-state index in [0.29, 0.717) is 0 Å². The Balaban J connectivity index is 2.57. The van der Waals surface area contributed by atoms with Crippen molar-refractivity contribution >= 4 is 27.7 Å². The molecule has 0 radical (unpaired) electrons. The first-order valence-corrected chi connectivity index (χ1v) is 6.88. The summed E-state index contributed by atoms with van der Waals surface area (Å²) in [6.07, 6.45) is 3.74. The summed E-state index contributed by atoms with van der Waals surface area (Å²) in [6, 6.07) is 8.11. The lowest BCUT2D eigenvalue weighted by Crippen LogP contribution is -1.84. The highest BCUT2D eigenvalue weighted by atomic mass is 79.9. The third-order valence-corrected chi connectivity index (χ3v) is 3.72. The smallest absolute Gasteiger partial charge is 0.100 e. The molecule has 0 heterocycles. The van der Waals surface area contributed by atoms with Crippen LogP contribution in [0.3, 0.4) is 0 Å². The fourth-order valence-corrected chi connectivity index (χ4v) is 2.60. The predicted octanol–water partition coefficient (Wildman–Crippen LogP) is 4.60. The zero-order valence-corrected chi connectivity index (χ0v) is 11.2. The standard InChI is InChI=1S/C12H14BrNS/c1-2-3-4-7-15-12-6-5-11(13)8-10(12)9-14/h5-6,8H,2-4,7H2,1H3. The Morgan fingerprint density at radius 3 is 2.87 bits per heavy atom. The van der Waals surface area contributed by atoms with Crippen LogP contribution in [-0.4, -0.2) is 5.75 Å². The van der Waals surface area contributed by atoms with E-state index in [2.05, 4.69) is 28.9 Å². The van der Waals surface area contributed by atoms with Gasteiger partial charge in [0.15, 0.2) is 0 Å². The van der Waals surface area contributed by atoms with Gasteiger partial charge in [0.05, 0.1) is 5.56 Å². The molecule has 1 aromatic carbocycles. The molecule has 0 saturated carbocycles. The Labute approximate surface area is 104 Å². The van der Waals surface area contributed by atoms with Crippen molar-refractivity contribution in [3.05, 3.63) is 28.2 Å². The second-order valence-electron chi connectivity index (χ2n) is 3.31. The quantitative estimate of drug-likeness (QED) is 0.582. The highest BCUT2D eigenvalue weighted by Crippen LogP contribution is 2.26. The van der Waals surface area contributed by atoms with Crippen LogP contribution in [0.25, 0.3) is 0 Å². The van der Waals surface area contributed by atoms with Crippen LogP contribution >= 0.6 is 27.7 Å². The minimum Gasteiger partial charge on any atom is -0.192 e. The molecule has 0 unspecified atom stereocenters. The van der Waals surface area contributed by atoms with Gasteiger partial charge >= 0.3 is 0 Å². The minimum absolute atomic E-state index is 0.769. The molecule has 3 heteroatoms. The van der Waals surface area contributed by atoms with E-state index in [-0.39, 0.29) is 0 Å². The summed E-state index contributed by atoms with van der Waals surface area (Å²) in [7, 11) is 0. The van der Waals surface area contributed by atoms with E-state index in [1.54, 1.807) is 11.8 Å². The number of halogens is 1. The zero-order chi connectivity index (χ0) is 11.1. The first-order valence-electron chi connectivity index (χ1n) is 5.10. The first kappa shape index (κ1) is 12.6. The average molecular weight is 284 g/mol. The second-order valence-corrected chi connectivity index (χ2v) is 5.36. The van der Waals surface area contributed by atoms with Crippen molar-refractivity contribution in [1.82, 2.24) is 0 Å². The van der Waals surface area contributed by atoms with E-state index in [1.165, 1.54) is 19.3 Å². The SMILES string of the molecule is CCCCCSc1ccc(Br)cc1C#N. The van der Waals surface area contributed by atoms with Crippen LogP contribution in [-0.2, 0) is 0 Å². The third kappa shape index (κ3) is 4.27. The Morgan fingerprint density at radius 2 is 2.20 bits per heavy atom. The number of hydrogen-bond donors (Lipinski definition) is 0. The second kappa shape index (κ2) is 6.92. The lowest BCUT2D eigenvalue weighted by molar-refractivity contribution is 0.778. The molecule has 1 nitrogen and oxygen atoms in total. The topological polar surface area (TPSA) is 23.8 Å². The molecule has 0 spiro atoms. The summed E-state index contributed by atoms with van der Waals surface area (Å²) in [5, 5.41) is 8.96. The number of nitriles is 1. The number of nitrogens with zero attached hydrogens (tertiary/aromatic N) is 1. The molecule has 1 rings (SSSR count). The number of unbranched alkanes of at least 4 members (excludes halogenated alkanes) is 2. The van der Waals surface area contributed by atoms with Crippen molar-refractivity contribution in [3.8, 4) is 6.07 Å². The highest BCUT2D eigenvalue weighted by molar-refractivity contribution is 9.10. The van der Waals surface area contributed by atoms with Crippen LogP contribution in [0.5, 0.6) is 0 Å². The van der Waals surface area contributed by atoms with Crippen molar-refractivity contribution in [2.75, 3.05) is 5.75 Å². The van der Waals surface area contributed by atoms with Crippen molar-refractivity contribution < 1.29 is 0 Å². The summed E-state index contributed by atoms with van der Waals surface area (Å²) in [6.45, 7) is 2.20. The van der Waals surface area contributed by atoms with Crippen molar-refractivity contribution in [2.45, 2.75) is 31.1 Å². The summed E-state index contributed by atoms with van der Waals surface area (Å²) in [5.41, 5.74) is 0.769. The molecule has 0 aromatic heterocycles. The van der Waals surface area contributed by atoms with Gasteiger partial charge in [-0.05, 0) is 30.4 Å². The van der Waals surface area contributed by atoms with Gasteiger partial charge < -0.3 is 0 Å². The highest BCUT2D eigenvalue weighted by Gasteiger charge is 2.02. The van der Waals surface area contributed by atoms with Crippen molar-refractivity contribution in [1.29, 1.82) is 5.26 Å². The van der Waals surface area contributed by atoms with Crippen LogP contribution < -0.4 is 0 Å². The molecule has 0 aliphatic heterocycles. The number of thioether (sulfide) groups is 1. The largest absolute Gasteiger partial charge is 0.192 e. The molecule has 15 heavy (non-hydrogen) atoms. The van der Waals surface area contributed by atoms with Gasteiger partial charge in [-0.3, -0.25) is 0 Å². The molecular weight excluding hydrogens is 270 g/mol. The maximum atomic E-state index is 8.96. The lowest BCUT2D eigenvalue weighted by Gasteiger charge is -2.03. The Kier molecular flexibility index (Phi) is 5.82. The van der Waals surface area contributed by atoms with Gasteiger partial charge in [-0.2, -0.15) is 5.26 Å². The minimum atomic E-state index is 0.769. The zero-order valence-electron chi connectivity index (χ0n) is 8.79. The molecule has 0 amide bonds. The number of hydrogen-bond acceptors (Lipinski definition) is 2. The predicted molar refractivity (Wildman–Crippen MR) is 69.1 cm³/mol. The fraction of sp³-hybridized carbons (Fsp3) is 0.417. The van der Waals surface area contributed by atoms with Crippen LogP contribution in [0, 0.1) is 11.3 Å². The maximum absolute atomic E-state index is 8.96. The van der Waals surface area contributed by atoms with E-state index in [9.17, 15) is 0 Å². The summed E-state index contributed by atoms with van der Waals surface area (Å²) < 4.78 is 0.969. The van der Waals surface area contributed by atoms with Crippen LogP contribution in [0.4, 0.5) is 0 Å². The number of rotatable bonds is 5. The van der Waals surface area contributed by atoms with Crippen LogP contribution in [0.2, 0.25) is 0 Å². The monoisotopic (exact) mass is 283 g/mol. The van der Waals surface area contributed by atoms with Crippen LogP contribution in [0.1, 0.15) is 31.7 Å². The van der Waals surface area contributed by atoms with Crippen molar-refractivity contribution in [3.63, 3.8) is 0 Å². The molecule has 1 aromatic rings. The number of benzene rings is 1. The van der Waals surface area contributed by atoms with Gasteiger partial charge in [-0.1, -0.05) is 35.7 Å². The molecule has 0 N–H and O–H groups in total. The van der Waals surface area contributed by atoms with Crippen LogP contribution in [0.15, 0.2) is 27.6 Å². The van der Waals surface area contributed by atoms with Crippen molar-refractivity contribution in [2.24, 2.45) is 0 Å². The Hall–Kier alpha value is -0.460. The Bertz CT molecular complexity index is 357. The van der Waals surface area contributed by atoms with Gasteiger partial charge in [0, 0.05) is 9.37 Å². The average Bonchev–Trinajstić information content (AvgIpc) is 2.26. The molecule has 80 valence electrons. The fourth-order valence-electron chi connectivity index (χ4n) is 1.25. The van der Waals surface area contributed by atoms with Gasteiger partial charge in [-0.15, -0.1) is 11.8 Å². The van der Waals surface area contributed by atoms with E-state index in [4.69, 9.17) is 5.26 Å². The molecule has 0 saturated heterocycles. The lowest BCUT2D eigenvalue weighted by atomic mass is 10.2. The summed E-state index contributed by atoms with van der Waals surface area (Å²) >= 11 is 5.15. The van der Waals surface area contributed by atoms with E-state index in [1.807, 2.05) is 18.2 Å². The van der Waals surface area contributed by atoms with E-state index < -0.39 is 0 Å². The summed E-state index contributed by atoms with van der Waals surface area (Å²) in [4.78, 5) is 1.09. The molecular formula is C12H14BrNS. The van der Waals surface area contributed by atoms with Gasteiger partial charge in [0.1, 0.15) is 6.07 Å². The summed E-state index contributed by atoms with van der Waals surface area (Å²) in [5.74, 6) is 1.10. The Morgan fingerprint density at radius 1 is 1.40 bits per heavy atom. The molecule has 0 bridgehead atoms. The molecule has 0 aliphatic rings. The molecule has 0 fully saturated rings.